The summed E-state index contributed by atoms with van der Waals surface area (Å²) in [6.45, 7) is 1.74. The Hall–Kier alpha value is -1.63. The zero-order valence-corrected chi connectivity index (χ0v) is 9.18. The number of aromatic nitrogens is 1. The number of anilines is 1. The van der Waals surface area contributed by atoms with Crippen molar-refractivity contribution in [3.63, 3.8) is 0 Å². The molecule has 0 spiro atoms. The molecule has 0 aromatic carbocycles. The largest absolute Gasteiger partial charge is 0.464 e. The van der Waals surface area contributed by atoms with Crippen LogP contribution in [0.25, 0.3) is 0 Å². The molecule has 1 aromatic heterocycles. The number of nitrogens with two attached hydrogens (primary N) is 1. The van der Waals surface area contributed by atoms with Gasteiger partial charge in [0.15, 0.2) is 10.8 Å². The zero-order chi connectivity index (χ0) is 11.4. The van der Waals surface area contributed by atoms with Crippen LogP contribution in [-0.4, -0.2) is 30.5 Å². The predicted molar refractivity (Wildman–Crippen MR) is 55.9 cm³/mol. The van der Waals surface area contributed by atoms with Crippen molar-refractivity contribution in [1.82, 2.24) is 4.98 Å². The van der Waals surface area contributed by atoms with Crippen molar-refractivity contribution >= 4 is 28.3 Å². The number of esters is 1. The molecule has 0 aliphatic carbocycles. The highest BCUT2D eigenvalue weighted by Gasteiger charge is 2.15. The molecule has 0 aliphatic heterocycles. The van der Waals surface area contributed by atoms with Gasteiger partial charge in [0.25, 0.3) is 0 Å². The van der Waals surface area contributed by atoms with Gasteiger partial charge in [0.2, 0.25) is 5.91 Å². The Morgan fingerprint density at radius 1 is 1.60 bits per heavy atom. The fourth-order valence-electron chi connectivity index (χ4n) is 0.921. The van der Waals surface area contributed by atoms with Crippen LogP contribution in [0.2, 0.25) is 0 Å². The number of nitrogens with one attached hydrogen (secondary N) is 1. The second-order valence-corrected chi connectivity index (χ2v) is 3.94. The summed E-state index contributed by atoms with van der Waals surface area (Å²) in [6, 6.07) is 0. The average Bonchev–Trinajstić information content (AvgIpc) is 2.55. The molecule has 0 saturated heterocycles. The van der Waals surface area contributed by atoms with Gasteiger partial charge in [0.1, 0.15) is 0 Å². The molecule has 1 aromatic rings. The molecule has 6 nitrogen and oxygen atoms in total. The van der Waals surface area contributed by atoms with Crippen LogP contribution in [0.15, 0.2) is 0 Å². The lowest BCUT2D eigenvalue weighted by molar-refractivity contribution is -0.116. The summed E-state index contributed by atoms with van der Waals surface area (Å²) in [6.07, 6.45) is 0. The summed E-state index contributed by atoms with van der Waals surface area (Å²) in [5, 5.41) is 3.19. The lowest BCUT2D eigenvalue weighted by Crippen LogP contribution is -2.21. The number of methoxy groups -OCH3 is 1. The van der Waals surface area contributed by atoms with E-state index in [-0.39, 0.29) is 12.2 Å². The molecule has 3 N–H and O–H groups in total. The van der Waals surface area contributed by atoms with Crippen LogP contribution in [0.4, 0.5) is 5.13 Å². The Bertz CT molecular complexity index is 388. The maximum Gasteiger partial charge on any atom is 0.357 e. The SMILES string of the molecule is COC(=O)c1nc(NCC(N)=O)sc1C. The van der Waals surface area contributed by atoms with E-state index in [1.54, 1.807) is 6.92 Å². The minimum absolute atomic E-state index is 0.00638. The minimum atomic E-state index is -0.490. The van der Waals surface area contributed by atoms with Crippen molar-refractivity contribution in [3.8, 4) is 0 Å². The van der Waals surface area contributed by atoms with E-state index in [9.17, 15) is 9.59 Å². The quantitative estimate of drug-likeness (QED) is 0.716. The van der Waals surface area contributed by atoms with Crippen molar-refractivity contribution < 1.29 is 14.3 Å². The monoisotopic (exact) mass is 229 g/mol. The Labute approximate surface area is 90.4 Å². The molecular formula is C8H11N3O3S. The van der Waals surface area contributed by atoms with Crippen molar-refractivity contribution in [2.75, 3.05) is 19.0 Å². The molecule has 1 heterocycles. The van der Waals surface area contributed by atoms with Gasteiger partial charge in [-0.1, -0.05) is 0 Å². The lowest BCUT2D eigenvalue weighted by Gasteiger charge is -1.96. The average molecular weight is 229 g/mol. The maximum absolute atomic E-state index is 11.2. The van der Waals surface area contributed by atoms with Crippen LogP contribution in [0, 0.1) is 6.92 Å². The third-order valence-electron chi connectivity index (χ3n) is 1.59. The molecule has 15 heavy (non-hydrogen) atoms. The Morgan fingerprint density at radius 2 is 2.27 bits per heavy atom. The van der Waals surface area contributed by atoms with Gasteiger partial charge in [-0.05, 0) is 6.92 Å². The maximum atomic E-state index is 11.2. The number of hydrogen-bond acceptors (Lipinski definition) is 6. The molecule has 0 radical (unpaired) electrons. The third kappa shape index (κ3) is 2.91. The zero-order valence-electron chi connectivity index (χ0n) is 8.36. The van der Waals surface area contributed by atoms with Crippen LogP contribution in [0.5, 0.6) is 0 Å². The second kappa shape index (κ2) is 4.74. The highest BCUT2D eigenvalue weighted by molar-refractivity contribution is 7.15. The highest BCUT2D eigenvalue weighted by Crippen LogP contribution is 2.22. The molecule has 1 rings (SSSR count). The first kappa shape index (κ1) is 11.4. The molecule has 82 valence electrons. The summed E-state index contributed by atoms with van der Waals surface area (Å²) < 4.78 is 4.54. The fraction of sp³-hybridized carbons (Fsp3) is 0.375. The first-order valence-corrected chi connectivity index (χ1v) is 4.94. The van der Waals surface area contributed by atoms with E-state index in [0.717, 1.165) is 4.88 Å². The van der Waals surface area contributed by atoms with Crippen LogP contribution < -0.4 is 11.1 Å². The summed E-state index contributed by atoms with van der Waals surface area (Å²) in [4.78, 5) is 26.4. The van der Waals surface area contributed by atoms with Crippen LogP contribution in [0.3, 0.4) is 0 Å². The van der Waals surface area contributed by atoms with E-state index >= 15 is 0 Å². The molecule has 0 unspecified atom stereocenters. The molecule has 0 bridgehead atoms. The van der Waals surface area contributed by atoms with E-state index in [1.165, 1.54) is 18.4 Å². The molecule has 1 amide bonds. The van der Waals surface area contributed by atoms with Gasteiger partial charge in [-0.15, -0.1) is 11.3 Å². The van der Waals surface area contributed by atoms with Gasteiger partial charge in [0.05, 0.1) is 13.7 Å². The summed E-state index contributed by atoms with van der Waals surface area (Å²) in [5.74, 6) is -0.974. The molecule has 0 saturated carbocycles. The van der Waals surface area contributed by atoms with E-state index in [2.05, 4.69) is 15.0 Å². The van der Waals surface area contributed by atoms with E-state index in [4.69, 9.17) is 5.73 Å². The molecule has 0 aliphatic rings. The van der Waals surface area contributed by atoms with E-state index in [1.807, 2.05) is 0 Å². The number of carbonyl (C=O) groups excluding carboxylic acids is 2. The smallest absolute Gasteiger partial charge is 0.357 e. The van der Waals surface area contributed by atoms with Crippen molar-refractivity contribution in [3.05, 3.63) is 10.6 Å². The van der Waals surface area contributed by atoms with Gasteiger partial charge in [-0.25, -0.2) is 9.78 Å². The number of rotatable bonds is 4. The minimum Gasteiger partial charge on any atom is -0.464 e. The van der Waals surface area contributed by atoms with Gasteiger partial charge in [-0.2, -0.15) is 0 Å². The number of nitrogens with zero attached hydrogens (tertiary/aromatic N) is 1. The fourth-order valence-corrected chi connectivity index (χ4v) is 1.72. The highest BCUT2D eigenvalue weighted by atomic mass is 32.1. The molecular weight excluding hydrogens is 218 g/mol. The third-order valence-corrected chi connectivity index (χ3v) is 2.52. The van der Waals surface area contributed by atoms with Crippen molar-refractivity contribution in [2.45, 2.75) is 6.92 Å². The van der Waals surface area contributed by atoms with Crippen LogP contribution in [-0.2, 0) is 9.53 Å². The molecule has 0 atom stereocenters. The topological polar surface area (TPSA) is 94.3 Å². The standard InChI is InChI=1S/C8H11N3O3S/c1-4-6(7(13)14-2)11-8(15-4)10-3-5(9)12/h3H2,1-2H3,(H2,9,12)(H,10,11). The van der Waals surface area contributed by atoms with Crippen LogP contribution >= 0.6 is 11.3 Å². The number of carbonyl (C=O) groups is 2. The van der Waals surface area contributed by atoms with E-state index in [0.29, 0.717) is 5.13 Å². The predicted octanol–water partition coefficient (Wildman–Crippen LogP) is 0.135. The first-order chi connectivity index (χ1) is 7.04. The number of ether oxygens (including phenoxy) is 1. The number of aryl methyl sites for hydroxylation is 1. The summed E-state index contributed by atoms with van der Waals surface area (Å²) in [7, 11) is 1.29. The number of hydrogen-bond donors (Lipinski definition) is 2. The molecule has 7 heteroatoms. The van der Waals surface area contributed by atoms with Gasteiger partial charge in [0, 0.05) is 4.88 Å². The summed E-state index contributed by atoms with van der Waals surface area (Å²) in [5.41, 5.74) is 5.21. The Balaban J connectivity index is 2.76. The number of amides is 1. The van der Waals surface area contributed by atoms with Crippen LogP contribution in [0.1, 0.15) is 15.4 Å². The summed E-state index contributed by atoms with van der Waals surface area (Å²) >= 11 is 1.27. The number of thiazole rings is 1. The second-order valence-electron chi connectivity index (χ2n) is 2.74. The van der Waals surface area contributed by atoms with Crippen molar-refractivity contribution in [1.29, 1.82) is 0 Å². The van der Waals surface area contributed by atoms with Gasteiger partial charge >= 0.3 is 5.97 Å². The van der Waals surface area contributed by atoms with Crippen molar-refractivity contribution in [2.24, 2.45) is 5.73 Å². The van der Waals surface area contributed by atoms with Gasteiger partial charge in [-0.3, -0.25) is 4.79 Å². The van der Waals surface area contributed by atoms with Gasteiger partial charge < -0.3 is 15.8 Å². The number of primary amides is 1. The van der Waals surface area contributed by atoms with E-state index < -0.39 is 11.9 Å². The first-order valence-electron chi connectivity index (χ1n) is 4.12. The Morgan fingerprint density at radius 3 is 2.80 bits per heavy atom. The Kier molecular flexibility index (Phi) is 3.62. The lowest BCUT2D eigenvalue weighted by atomic mass is 10.4. The molecule has 0 fully saturated rings. The normalized spacial score (nSPS) is 9.73.